The van der Waals surface area contributed by atoms with E-state index in [9.17, 15) is 17.6 Å². The number of alkyl halides is 3. The topological polar surface area (TPSA) is 35.2 Å². The van der Waals surface area contributed by atoms with Crippen molar-refractivity contribution in [2.45, 2.75) is 13.3 Å². The van der Waals surface area contributed by atoms with E-state index < -0.39 is 17.9 Å². The van der Waals surface area contributed by atoms with Gasteiger partial charge in [0.05, 0.1) is 5.69 Å². The molecule has 0 fully saturated rings. The van der Waals surface area contributed by atoms with E-state index in [0.717, 1.165) is 6.07 Å². The number of nitrogen functional groups attached to an aromatic ring is 1. The molecule has 0 aliphatic heterocycles. The molecule has 0 atom stereocenters. The third-order valence-corrected chi connectivity index (χ3v) is 1.52. The summed E-state index contributed by atoms with van der Waals surface area (Å²) in [6.45, 7) is 1.39. The first-order valence-corrected chi connectivity index (χ1v) is 3.61. The van der Waals surface area contributed by atoms with Gasteiger partial charge in [0, 0.05) is 6.07 Å². The molecule has 0 radical (unpaired) electrons. The van der Waals surface area contributed by atoms with Gasteiger partial charge in [-0.15, -0.1) is 13.2 Å². The number of nitrogens with two attached hydrogens (primary N) is 1. The van der Waals surface area contributed by atoms with Crippen LogP contribution in [0.15, 0.2) is 12.1 Å². The van der Waals surface area contributed by atoms with Gasteiger partial charge in [-0.3, -0.25) is 0 Å². The van der Waals surface area contributed by atoms with Gasteiger partial charge in [0.2, 0.25) is 0 Å². The molecule has 0 amide bonds. The third-order valence-electron chi connectivity index (χ3n) is 1.52. The standard InChI is InChI=1S/C8H7F4NO/c1-4-2-6(13)7(3-5(4)9)14-8(10,11)12/h2-3H,13H2,1H3. The molecule has 0 bridgehead atoms. The van der Waals surface area contributed by atoms with Crippen molar-refractivity contribution >= 4 is 5.69 Å². The summed E-state index contributed by atoms with van der Waals surface area (Å²) in [7, 11) is 0. The van der Waals surface area contributed by atoms with Crippen LogP contribution in [0.1, 0.15) is 5.56 Å². The Labute approximate surface area is 77.3 Å². The monoisotopic (exact) mass is 209 g/mol. The third kappa shape index (κ3) is 2.51. The molecule has 0 aliphatic rings. The second-order valence-electron chi connectivity index (χ2n) is 2.69. The summed E-state index contributed by atoms with van der Waals surface area (Å²) in [5.74, 6) is -1.51. The summed E-state index contributed by atoms with van der Waals surface area (Å²) in [6.07, 6.45) is -4.87. The highest BCUT2D eigenvalue weighted by Gasteiger charge is 2.32. The average molecular weight is 209 g/mol. The van der Waals surface area contributed by atoms with Crippen molar-refractivity contribution in [2.24, 2.45) is 0 Å². The Hall–Kier alpha value is -1.46. The van der Waals surface area contributed by atoms with Crippen LogP contribution in [0.25, 0.3) is 0 Å². The SMILES string of the molecule is Cc1cc(N)c(OC(F)(F)F)cc1F. The van der Waals surface area contributed by atoms with Crippen molar-refractivity contribution in [1.29, 1.82) is 0 Å². The molecule has 0 saturated carbocycles. The maximum Gasteiger partial charge on any atom is 0.573 e. The van der Waals surface area contributed by atoms with Crippen molar-refractivity contribution in [3.63, 3.8) is 0 Å². The lowest BCUT2D eigenvalue weighted by Crippen LogP contribution is -2.18. The van der Waals surface area contributed by atoms with Crippen LogP contribution in [0.3, 0.4) is 0 Å². The van der Waals surface area contributed by atoms with Crippen molar-refractivity contribution in [2.75, 3.05) is 5.73 Å². The maximum absolute atomic E-state index is 12.8. The number of anilines is 1. The Bertz CT molecular complexity index is 348. The molecule has 0 unspecified atom stereocenters. The molecule has 78 valence electrons. The van der Waals surface area contributed by atoms with E-state index in [1.165, 1.54) is 6.92 Å². The summed E-state index contributed by atoms with van der Waals surface area (Å²) in [6, 6.07) is 1.69. The van der Waals surface area contributed by atoms with Crippen LogP contribution in [-0.2, 0) is 0 Å². The molecule has 6 heteroatoms. The number of rotatable bonds is 1. The van der Waals surface area contributed by atoms with E-state index in [2.05, 4.69) is 4.74 Å². The van der Waals surface area contributed by atoms with E-state index in [1.54, 1.807) is 0 Å². The van der Waals surface area contributed by atoms with Crippen molar-refractivity contribution in [1.82, 2.24) is 0 Å². The summed E-state index contributed by atoms with van der Waals surface area (Å²) in [5, 5.41) is 0. The minimum absolute atomic E-state index is 0.164. The van der Waals surface area contributed by atoms with Crippen LogP contribution < -0.4 is 10.5 Å². The number of hydrogen-bond donors (Lipinski definition) is 1. The van der Waals surface area contributed by atoms with Gasteiger partial charge >= 0.3 is 6.36 Å². The number of aryl methyl sites for hydroxylation is 1. The number of halogens is 4. The van der Waals surface area contributed by atoms with E-state index in [-0.39, 0.29) is 11.3 Å². The smallest absolute Gasteiger partial charge is 0.403 e. The van der Waals surface area contributed by atoms with Crippen molar-refractivity contribution in [3.05, 3.63) is 23.5 Å². The molecule has 0 aromatic heterocycles. The van der Waals surface area contributed by atoms with Gasteiger partial charge < -0.3 is 10.5 Å². The fraction of sp³-hybridized carbons (Fsp3) is 0.250. The Morgan fingerprint density at radius 3 is 2.36 bits per heavy atom. The van der Waals surface area contributed by atoms with Gasteiger partial charge in [-0.25, -0.2) is 4.39 Å². The molecular weight excluding hydrogens is 202 g/mol. The second kappa shape index (κ2) is 3.36. The van der Waals surface area contributed by atoms with Gasteiger partial charge in [0.15, 0.2) is 5.75 Å². The quantitative estimate of drug-likeness (QED) is 0.570. The first-order chi connectivity index (χ1) is 6.29. The molecule has 1 rings (SSSR count). The fourth-order valence-corrected chi connectivity index (χ4v) is 0.899. The number of hydrogen-bond acceptors (Lipinski definition) is 2. The molecule has 0 spiro atoms. The Balaban J connectivity index is 3.04. The van der Waals surface area contributed by atoms with Crippen molar-refractivity contribution < 1.29 is 22.3 Å². The highest BCUT2D eigenvalue weighted by Crippen LogP contribution is 2.30. The zero-order valence-corrected chi connectivity index (χ0v) is 7.15. The molecule has 2 N–H and O–H groups in total. The minimum Gasteiger partial charge on any atom is -0.403 e. The van der Waals surface area contributed by atoms with Crippen LogP contribution in [0.4, 0.5) is 23.2 Å². The predicted molar refractivity (Wildman–Crippen MR) is 42.2 cm³/mol. The summed E-state index contributed by atoms with van der Waals surface area (Å²) in [4.78, 5) is 0. The van der Waals surface area contributed by atoms with Gasteiger partial charge in [-0.05, 0) is 18.6 Å². The molecular formula is C8H7F4NO. The lowest BCUT2D eigenvalue weighted by atomic mass is 10.2. The number of benzene rings is 1. The summed E-state index contributed by atoms with van der Waals surface area (Å²) < 4.78 is 51.6. The van der Waals surface area contributed by atoms with Gasteiger partial charge in [0.1, 0.15) is 5.82 Å². The first-order valence-electron chi connectivity index (χ1n) is 3.61. The van der Waals surface area contributed by atoms with Gasteiger partial charge in [-0.1, -0.05) is 0 Å². The van der Waals surface area contributed by atoms with Crippen LogP contribution >= 0.6 is 0 Å². The molecule has 1 aromatic carbocycles. The summed E-state index contributed by atoms with van der Waals surface area (Å²) >= 11 is 0. The van der Waals surface area contributed by atoms with Gasteiger partial charge in [0.25, 0.3) is 0 Å². The Morgan fingerprint density at radius 1 is 1.29 bits per heavy atom. The lowest BCUT2D eigenvalue weighted by molar-refractivity contribution is -0.274. The first kappa shape index (κ1) is 10.6. The Kier molecular flexibility index (Phi) is 2.55. The highest BCUT2D eigenvalue weighted by atomic mass is 19.4. The average Bonchev–Trinajstić information content (AvgIpc) is 1.97. The van der Waals surface area contributed by atoms with E-state index in [0.29, 0.717) is 6.07 Å². The lowest BCUT2D eigenvalue weighted by Gasteiger charge is -2.11. The highest BCUT2D eigenvalue weighted by molar-refractivity contribution is 5.54. The largest absolute Gasteiger partial charge is 0.573 e. The molecule has 2 nitrogen and oxygen atoms in total. The van der Waals surface area contributed by atoms with Crippen LogP contribution in [0.2, 0.25) is 0 Å². The van der Waals surface area contributed by atoms with Crippen LogP contribution in [0, 0.1) is 12.7 Å². The summed E-state index contributed by atoms with van der Waals surface area (Å²) in [5.41, 5.74) is 5.12. The van der Waals surface area contributed by atoms with E-state index in [4.69, 9.17) is 5.73 Å². The maximum atomic E-state index is 12.8. The fourth-order valence-electron chi connectivity index (χ4n) is 0.899. The second-order valence-corrected chi connectivity index (χ2v) is 2.69. The van der Waals surface area contributed by atoms with Gasteiger partial charge in [-0.2, -0.15) is 0 Å². The zero-order valence-electron chi connectivity index (χ0n) is 7.15. The zero-order chi connectivity index (χ0) is 10.9. The number of ether oxygens (including phenoxy) is 1. The minimum atomic E-state index is -4.87. The predicted octanol–water partition coefficient (Wildman–Crippen LogP) is 2.61. The molecule has 0 aliphatic carbocycles. The molecule has 14 heavy (non-hydrogen) atoms. The van der Waals surface area contributed by atoms with Crippen LogP contribution in [-0.4, -0.2) is 6.36 Å². The van der Waals surface area contributed by atoms with E-state index >= 15 is 0 Å². The van der Waals surface area contributed by atoms with Crippen LogP contribution in [0.5, 0.6) is 5.75 Å². The molecule has 0 heterocycles. The van der Waals surface area contributed by atoms with E-state index in [1.807, 2.05) is 0 Å². The van der Waals surface area contributed by atoms with Crippen molar-refractivity contribution in [3.8, 4) is 5.75 Å². The normalized spacial score (nSPS) is 11.5. The molecule has 0 saturated heterocycles. The molecule has 1 aromatic rings. The Morgan fingerprint density at radius 2 is 1.86 bits per heavy atom.